The number of carboxylic acid groups (broad SMARTS) is 1. The van der Waals surface area contributed by atoms with Gasteiger partial charge in [-0.3, -0.25) is 4.79 Å². The van der Waals surface area contributed by atoms with Gasteiger partial charge in [-0.2, -0.15) is 0 Å². The topological polar surface area (TPSA) is 55.8 Å². The van der Waals surface area contributed by atoms with Gasteiger partial charge in [0, 0.05) is 12.0 Å². The van der Waals surface area contributed by atoms with Gasteiger partial charge in [0.25, 0.3) is 0 Å². The van der Waals surface area contributed by atoms with E-state index in [9.17, 15) is 9.90 Å². The van der Waals surface area contributed by atoms with Crippen molar-refractivity contribution in [2.24, 2.45) is 0 Å². The van der Waals surface area contributed by atoms with E-state index in [1.807, 2.05) is 0 Å². The Morgan fingerprint density at radius 1 is 1.16 bits per heavy atom. The molecule has 0 bridgehead atoms. The third-order valence-corrected chi connectivity index (χ3v) is 4.28. The van der Waals surface area contributed by atoms with Crippen molar-refractivity contribution in [3.05, 3.63) is 22.7 Å². The largest absolute Gasteiger partial charge is 0.489 e. The molecule has 0 unspecified atom stereocenters. The minimum absolute atomic E-state index is 0.473. The van der Waals surface area contributed by atoms with Crippen LogP contribution in [0.1, 0.15) is 31.2 Å². The zero-order chi connectivity index (χ0) is 13.5. The lowest BCUT2D eigenvalue weighted by Crippen LogP contribution is -2.42. The molecule has 1 aliphatic carbocycles. The Balaban J connectivity index is 2.14. The molecule has 2 aliphatic rings. The van der Waals surface area contributed by atoms with Crippen molar-refractivity contribution in [2.75, 3.05) is 13.2 Å². The van der Waals surface area contributed by atoms with Gasteiger partial charge in [0.2, 0.25) is 0 Å². The molecule has 102 valence electrons. The van der Waals surface area contributed by atoms with Crippen LogP contribution < -0.4 is 9.47 Å². The number of halogens is 1. The lowest BCUT2D eigenvalue weighted by atomic mass is 9.64. The van der Waals surface area contributed by atoms with Crippen LogP contribution in [0.4, 0.5) is 0 Å². The predicted molar refractivity (Wildman–Crippen MR) is 70.2 cm³/mol. The number of rotatable bonds is 2. The maximum Gasteiger partial charge on any atom is 0.314 e. The summed E-state index contributed by atoms with van der Waals surface area (Å²) in [5.41, 5.74) is -0.130. The standard InChI is InChI=1S/C14H15ClO4/c15-10-4-3-9(14(13(16)17)5-1-6-14)11-12(10)19-8-2-7-18-11/h3-4H,1-2,5-8H2,(H,16,17). The SMILES string of the molecule is O=C(O)C1(c2ccc(Cl)c3c2OCCCO3)CCC1. The summed E-state index contributed by atoms with van der Waals surface area (Å²) >= 11 is 6.13. The van der Waals surface area contributed by atoms with E-state index >= 15 is 0 Å². The Labute approximate surface area is 116 Å². The Morgan fingerprint density at radius 2 is 1.84 bits per heavy atom. The first-order valence-corrected chi connectivity index (χ1v) is 6.85. The predicted octanol–water partition coefficient (Wildman–Crippen LogP) is 3.01. The van der Waals surface area contributed by atoms with Gasteiger partial charge in [0.1, 0.15) is 0 Å². The molecule has 0 amide bonds. The van der Waals surface area contributed by atoms with Gasteiger partial charge in [-0.05, 0) is 18.9 Å². The van der Waals surface area contributed by atoms with Gasteiger partial charge in [-0.25, -0.2) is 0 Å². The average Bonchev–Trinajstić information content (AvgIpc) is 2.56. The van der Waals surface area contributed by atoms with Crippen LogP contribution in [0.25, 0.3) is 0 Å². The molecule has 4 nitrogen and oxygen atoms in total. The Bertz CT molecular complexity index is 522. The second-order valence-electron chi connectivity index (χ2n) is 5.04. The molecule has 0 spiro atoms. The molecule has 1 aliphatic heterocycles. The fourth-order valence-electron chi connectivity index (χ4n) is 2.73. The highest BCUT2D eigenvalue weighted by Crippen LogP contribution is 2.51. The molecule has 1 aromatic carbocycles. The summed E-state index contributed by atoms with van der Waals surface area (Å²) in [6, 6.07) is 3.47. The molecule has 5 heteroatoms. The lowest BCUT2D eigenvalue weighted by molar-refractivity contribution is -0.147. The molecule has 1 aromatic rings. The van der Waals surface area contributed by atoms with Crippen LogP contribution in [0, 0.1) is 0 Å². The van der Waals surface area contributed by atoms with Gasteiger partial charge in [0.15, 0.2) is 11.5 Å². The fraction of sp³-hybridized carbons (Fsp3) is 0.500. The zero-order valence-electron chi connectivity index (χ0n) is 10.4. The van der Waals surface area contributed by atoms with Crippen molar-refractivity contribution in [2.45, 2.75) is 31.1 Å². The smallest absolute Gasteiger partial charge is 0.314 e. The molecule has 3 rings (SSSR count). The summed E-state index contributed by atoms with van der Waals surface area (Å²) in [6.45, 7) is 1.06. The van der Waals surface area contributed by atoms with Gasteiger partial charge in [-0.15, -0.1) is 0 Å². The molecule has 0 radical (unpaired) electrons. The molecular weight excluding hydrogens is 268 g/mol. The Hall–Kier alpha value is -1.42. The molecule has 1 saturated carbocycles. The first-order valence-electron chi connectivity index (χ1n) is 6.47. The summed E-state index contributed by atoms with van der Waals surface area (Å²) < 4.78 is 11.3. The summed E-state index contributed by atoms with van der Waals surface area (Å²) in [6.07, 6.45) is 2.97. The fourth-order valence-corrected chi connectivity index (χ4v) is 2.93. The van der Waals surface area contributed by atoms with Crippen LogP contribution in [-0.2, 0) is 10.2 Å². The number of aliphatic carboxylic acids is 1. The number of fused-ring (bicyclic) bond motifs is 1. The van der Waals surface area contributed by atoms with E-state index in [0.29, 0.717) is 48.1 Å². The van der Waals surface area contributed by atoms with Crippen molar-refractivity contribution < 1.29 is 19.4 Å². The van der Waals surface area contributed by atoms with Gasteiger partial charge in [-0.1, -0.05) is 24.1 Å². The quantitative estimate of drug-likeness (QED) is 0.906. The lowest BCUT2D eigenvalue weighted by Gasteiger charge is -2.39. The van der Waals surface area contributed by atoms with E-state index in [2.05, 4.69) is 0 Å². The van der Waals surface area contributed by atoms with Crippen LogP contribution in [-0.4, -0.2) is 24.3 Å². The summed E-state index contributed by atoms with van der Waals surface area (Å²) in [5, 5.41) is 10.0. The minimum Gasteiger partial charge on any atom is -0.489 e. The van der Waals surface area contributed by atoms with E-state index in [1.165, 1.54) is 0 Å². The second kappa shape index (κ2) is 4.60. The maximum atomic E-state index is 11.6. The Kier molecular flexibility index (Phi) is 3.05. The molecular formula is C14H15ClO4. The van der Waals surface area contributed by atoms with E-state index in [1.54, 1.807) is 12.1 Å². The first kappa shape index (κ1) is 12.6. The van der Waals surface area contributed by atoms with Crippen molar-refractivity contribution in [1.29, 1.82) is 0 Å². The highest BCUT2D eigenvalue weighted by molar-refractivity contribution is 6.32. The number of carboxylic acids is 1. The monoisotopic (exact) mass is 282 g/mol. The minimum atomic E-state index is -0.831. The van der Waals surface area contributed by atoms with Crippen LogP contribution in [0.15, 0.2) is 12.1 Å². The Morgan fingerprint density at radius 3 is 2.42 bits per heavy atom. The number of carbonyl (C=O) groups is 1. The van der Waals surface area contributed by atoms with Crippen LogP contribution >= 0.6 is 11.6 Å². The van der Waals surface area contributed by atoms with Crippen molar-refractivity contribution >= 4 is 17.6 Å². The normalized spacial score (nSPS) is 20.3. The number of benzene rings is 1. The molecule has 0 saturated heterocycles. The third-order valence-electron chi connectivity index (χ3n) is 3.98. The number of hydrogen-bond donors (Lipinski definition) is 1. The summed E-state index contributed by atoms with van der Waals surface area (Å²) in [4.78, 5) is 11.6. The van der Waals surface area contributed by atoms with Crippen molar-refractivity contribution in [1.82, 2.24) is 0 Å². The van der Waals surface area contributed by atoms with Crippen molar-refractivity contribution in [3.8, 4) is 11.5 Å². The maximum absolute atomic E-state index is 11.6. The van der Waals surface area contributed by atoms with Crippen molar-refractivity contribution in [3.63, 3.8) is 0 Å². The second-order valence-corrected chi connectivity index (χ2v) is 5.45. The van der Waals surface area contributed by atoms with Gasteiger partial charge >= 0.3 is 5.97 Å². The van der Waals surface area contributed by atoms with E-state index in [0.717, 1.165) is 12.8 Å². The molecule has 1 heterocycles. The third kappa shape index (κ3) is 1.86. The first-order chi connectivity index (χ1) is 9.15. The van der Waals surface area contributed by atoms with Crippen LogP contribution in [0.5, 0.6) is 11.5 Å². The molecule has 19 heavy (non-hydrogen) atoms. The molecule has 1 fully saturated rings. The molecule has 0 atom stereocenters. The zero-order valence-corrected chi connectivity index (χ0v) is 11.2. The summed E-state index contributed by atoms with van der Waals surface area (Å²) in [5.74, 6) is 0.215. The summed E-state index contributed by atoms with van der Waals surface area (Å²) in [7, 11) is 0. The van der Waals surface area contributed by atoms with E-state index in [-0.39, 0.29) is 0 Å². The van der Waals surface area contributed by atoms with Crippen LogP contribution in [0.3, 0.4) is 0 Å². The molecule has 1 N–H and O–H groups in total. The number of hydrogen-bond acceptors (Lipinski definition) is 3. The van der Waals surface area contributed by atoms with Gasteiger partial charge in [0.05, 0.1) is 23.7 Å². The van der Waals surface area contributed by atoms with E-state index in [4.69, 9.17) is 21.1 Å². The van der Waals surface area contributed by atoms with Crippen LogP contribution in [0.2, 0.25) is 5.02 Å². The average molecular weight is 283 g/mol. The van der Waals surface area contributed by atoms with Gasteiger partial charge < -0.3 is 14.6 Å². The molecule has 0 aromatic heterocycles. The highest BCUT2D eigenvalue weighted by Gasteiger charge is 2.48. The van der Waals surface area contributed by atoms with E-state index < -0.39 is 11.4 Å². The number of ether oxygens (including phenoxy) is 2. The highest BCUT2D eigenvalue weighted by atomic mass is 35.5.